The van der Waals surface area contributed by atoms with Crippen molar-refractivity contribution in [3.05, 3.63) is 29.3 Å². The minimum atomic E-state index is -0.726. The van der Waals surface area contributed by atoms with Gasteiger partial charge in [-0.05, 0) is 43.7 Å². The number of hydrogen-bond donors (Lipinski definition) is 1. The first-order valence-corrected chi connectivity index (χ1v) is 9.11. The van der Waals surface area contributed by atoms with Gasteiger partial charge in [0.15, 0.2) is 0 Å². The number of β-amino-alcohol motifs (C(OH)–C–C–N with tert-alkyl or cyclic N) is 1. The van der Waals surface area contributed by atoms with Crippen molar-refractivity contribution in [3.63, 3.8) is 0 Å². The van der Waals surface area contributed by atoms with Crippen LogP contribution in [0.4, 0.5) is 0 Å². The van der Waals surface area contributed by atoms with Crippen LogP contribution in [0.1, 0.15) is 57.1 Å². The van der Waals surface area contributed by atoms with Gasteiger partial charge in [0.05, 0.1) is 12.2 Å². The summed E-state index contributed by atoms with van der Waals surface area (Å²) in [5.41, 5.74) is 1.77. The molecular weight excluding hydrogens is 302 g/mol. The topological polar surface area (TPSA) is 49.8 Å². The average molecular weight is 329 g/mol. The van der Waals surface area contributed by atoms with Gasteiger partial charge in [-0.15, -0.1) is 0 Å². The molecule has 0 bridgehead atoms. The monoisotopic (exact) mass is 329 g/mol. The molecule has 1 amide bonds. The second kappa shape index (κ2) is 5.22. The summed E-state index contributed by atoms with van der Waals surface area (Å²) in [7, 11) is 0. The number of likely N-dealkylation sites (tertiary alicyclic amines) is 1. The minimum absolute atomic E-state index is 0.0377. The maximum atomic E-state index is 13.0. The number of fused-ring (bicyclic) bond motifs is 2. The van der Waals surface area contributed by atoms with Crippen LogP contribution in [-0.4, -0.2) is 41.2 Å². The molecule has 1 saturated carbocycles. The third kappa shape index (κ3) is 2.43. The minimum Gasteiger partial charge on any atom is -0.493 e. The first kappa shape index (κ1) is 15.9. The van der Waals surface area contributed by atoms with Gasteiger partial charge in [0.2, 0.25) is 5.91 Å². The highest BCUT2D eigenvalue weighted by Crippen LogP contribution is 2.61. The maximum Gasteiger partial charge on any atom is 0.226 e. The molecule has 2 aliphatic heterocycles. The molecule has 1 aliphatic carbocycles. The van der Waals surface area contributed by atoms with Crippen LogP contribution in [0.3, 0.4) is 0 Å². The van der Waals surface area contributed by atoms with E-state index in [4.69, 9.17) is 4.74 Å². The smallest absolute Gasteiger partial charge is 0.226 e. The molecule has 2 heterocycles. The maximum absolute atomic E-state index is 13.0. The van der Waals surface area contributed by atoms with Gasteiger partial charge in [0, 0.05) is 30.0 Å². The molecule has 130 valence electrons. The number of hydrogen-bond acceptors (Lipinski definition) is 3. The van der Waals surface area contributed by atoms with Crippen LogP contribution in [0.15, 0.2) is 18.2 Å². The largest absolute Gasteiger partial charge is 0.493 e. The quantitative estimate of drug-likeness (QED) is 0.908. The Balaban J connectivity index is 1.61. The first-order chi connectivity index (χ1) is 11.3. The van der Waals surface area contributed by atoms with Gasteiger partial charge >= 0.3 is 0 Å². The lowest BCUT2D eigenvalue weighted by atomic mass is 9.85. The molecule has 1 saturated heterocycles. The first-order valence-electron chi connectivity index (χ1n) is 9.11. The van der Waals surface area contributed by atoms with E-state index in [2.05, 4.69) is 32.0 Å². The van der Waals surface area contributed by atoms with E-state index in [1.54, 1.807) is 0 Å². The van der Waals surface area contributed by atoms with Crippen LogP contribution in [0, 0.1) is 5.92 Å². The molecule has 3 atom stereocenters. The van der Waals surface area contributed by atoms with Crippen molar-refractivity contribution in [2.45, 2.75) is 57.0 Å². The Labute approximate surface area is 143 Å². The van der Waals surface area contributed by atoms with Gasteiger partial charge in [-0.2, -0.15) is 0 Å². The fourth-order valence-corrected chi connectivity index (χ4v) is 4.46. The summed E-state index contributed by atoms with van der Waals surface area (Å²) in [6, 6.07) is 6.47. The lowest BCUT2D eigenvalue weighted by Gasteiger charge is -2.29. The second-order valence-corrected chi connectivity index (χ2v) is 8.43. The van der Waals surface area contributed by atoms with Crippen LogP contribution in [0.2, 0.25) is 0 Å². The molecular formula is C20H27NO3. The molecule has 4 heteroatoms. The molecule has 0 aromatic heterocycles. The summed E-state index contributed by atoms with van der Waals surface area (Å²) < 4.78 is 5.86. The van der Waals surface area contributed by atoms with Crippen molar-refractivity contribution in [3.8, 4) is 5.75 Å². The van der Waals surface area contributed by atoms with Crippen molar-refractivity contribution < 1.29 is 14.6 Å². The van der Waals surface area contributed by atoms with Crippen molar-refractivity contribution >= 4 is 5.91 Å². The fraction of sp³-hybridized carbons (Fsp3) is 0.650. The molecule has 0 unspecified atom stereocenters. The van der Waals surface area contributed by atoms with E-state index >= 15 is 0 Å². The molecule has 2 fully saturated rings. The second-order valence-electron chi connectivity index (χ2n) is 8.43. The predicted molar refractivity (Wildman–Crippen MR) is 92.2 cm³/mol. The van der Waals surface area contributed by atoms with E-state index in [0.717, 1.165) is 18.6 Å². The summed E-state index contributed by atoms with van der Waals surface area (Å²) in [5.74, 6) is 1.69. The molecule has 1 aromatic rings. The Hall–Kier alpha value is -1.55. The summed E-state index contributed by atoms with van der Waals surface area (Å²) in [4.78, 5) is 14.8. The number of carbonyl (C=O) groups is 1. The van der Waals surface area contributed by atoms with Crippen molar-refractivity contribution in [2.24, 2.45) is 5.92 Å². The SMILES string of the molecule is CC(C)c1ccc2c(c1)[C@]1(CCO2)C[C@H]1C(=O)N1CC[C@](C)(O)C1. The highest BCUT2D eigenvalue weighted by Gasteiger charge is 2.62. The number of rotatable bonds is 2. The van der Waals surface area contributed by atoms with Gasteiger partial charge in [-0.1, -0.05) is 26.0 Å². The Morgan fingerprint density at radius 1 is 1.38 bits per heavy atom. The molecule has 1 aromatic carbocycles. The molecule has 1 N–H and O–H groups in total. The number of nitrogens with zero attached hydrogens (tertiary/aromatic N) is 1. The molecule has 4 nitrogen and oxygen atoms in total. The number of aliphatic hydroxyl groups is 1. The summed E-state index contributed by atoms with van der Waals surface area (Å²) in [5, 5.41) is 10.2. The van der Waals surface area contributed by atoms with Gasteiger partial charge in [-0.25, -0.2) is 0 Å². The molecule has 1 spiro atoms. The molecule has 4 rings (SSSR count). The van der Waals surface area contributed by atoms with E-state index in [1.165, 1.54) is 11.1 Å². The summed E-state index contributed by atoms with van der Waals surface area (Å²) in [6.07, 6.45) is 2.51. The van der Waals surface area contributed by atoms with Crippen molar-refractivity contribution in [1.82, 2.24) is 4.90 Å². The van der Waals surface area contributed by atoms with Crippen LogP contribution in [-0.2, 0) is 10.2 Å². The zero-order valence-corrected chi connectivity index (χ0v) is 14.8. The lowest BCUT2D eigenvalue weighted by Crippen LogP contribution is -2.37. The van der Waals surface area contributed by atoms with E-state index in [-0.39, 0.29) is 17.2 Å². The Morgan fingerprint density at radius 2 is 2.17 bits per heavy atom. The number of amides is 1. The zero-order chi connectivity index (χ0) is 17.1. The van der Waals surface area contributed by atoms with E-state index in [0.29, 0.717) is 32.0 Å². The van der Waals surface area contributed by atoms with Gasteiger partial charge < -0.3 is 14.7 Å². The third-order valence-electron chi connectivity index (χ3n) is 6.15. The third-order valence-corrected chi connectivity index (χ3v) is 6.15. The van der Waals surface area contributed by atoms with Gasteiger partial charge in [0.25, 0.3) is 0 Å². The summed E-state index contributed by atoms with van der Waals surface area (Å²) >= 11 is 0. The predicted octanol–water partition coefficient (Wildman–Crippen LogP) is 2.83. The molecule has 24 heavy (non-hydrogen) atoms. The Bertz CT molecular complexity index is 681. The van der Waals surface area contributed by atoms with Crippen molar-refractivity contribution in [1.29, 1.82) is 0 Å². The highest BCUT2D eigenvalue weighted by molar-refractivity contribution is 5.85. The number of carbonyl (C=O) groups excluding carboxylic acids is 1. The Morgan fingerprint density at radius 3 is 2.83 bits per heavy atom. The van der Waals surface area contributed by atoms with Crippen molar-refractivity contribution in [2.75, 3.05) is 19.7 Å². The van der Waals surface area contributed by atoms with Crippen LogP contribution >= 0.6 is 0 Å². The van der Waals surface area contributed by atoms with Gasteiger partial charge in [-0.3, -0.25) is 4.79 Å². The zero-order valence-electron chi connectivity index (χ0n) is 14.8. The standard InChI is InChI=1S/C20H27NO3/c1-13(2)14-4-5-17-15(10-14)20(7-9-24-17)11-16(20)18(22)21-8-6-19(3,23)12-21/h4-5,10,13,16,23H,6-9,11-12H2,1-3H3/t16-,19-,20-/m0/s1. The van der Waals surface area contributed by atoms with E-state index in [9.17, 15) is 9.90 Å². The molecule has 3 aliphatic rings. The fourth-order valence-electron chi connectivity index (χ4n) is 4.46. The van der Waals surface area contributed by atoms with E-state index < -0.39 is 5.60 Å². The Kier molecular flexibility index (Phi) is 3.47. The number of ether oxygens (including phenoxy) is 1. The lowest BCUT2D eigenvalue weighted by molar-refractivity contribution is -0.133. The van der Waals surface area contributed by atoms with Crippen LogP contribution in [0.5, 0.6) is 5.75 Å². The van der Waals surface area contributed by atoms with E-state index in [1.807, 2.05) is 11.8 Å². The normalized spacial score (nSPS) is 34.4. The van der Waals surface area contributed by atoms with Crippen LogP contribution in [0.25, 0.3) is 0 Å². The molecule has 0 radical (unpaired) electrons. The van der Waals surface area contributed by atoms with Gasteiger partial charge in [0.1, 0.15) is 5.75 Å². The summed E-state index contributed by atoms with van der Waals surface area (Å²) in [6.45, 7) is 8.04. The number of benzene rings is 1. The average Bonchev–Trinajstić information content (AvgIpc) is 3.13. The highest BCUT2D eigenvalue weighted by atomic mass is 16.5. The van der Waals surface area contributed by atoms with Crippen LogP contribution < -0.4 is 4.74 Å².